The molecule has 2 aliphatic carbocycles. The molecular weight excluding hydrogens is 340 g/mol. The normalized spacial score (nSPS) is 19.6. The maximum atomic E-state index is 12.8. The molecule has 3 rings (SSSR count). The van der Waals surface area contributed by atoms with E-state index in [0.29, 0.717) is 29.3 Å². The van der Waals surface area contributed by atoms with Crippen LogP contribution in [0.15, 0.2) is 18.2 Å². The molecule has 0 atom stereocenters. The van der Waals surface area contributed by atoms with Gasteiger partial charge in [0.05, 0.1) is 12.8 Å². The largest absolute Gasteiger partial charge is 0.495 e. The number of hydrogen-bond acceptors (Lipinski definition) is 3. The van der Waals surface area contributed by atoms with E-state index in [-0.39, 0.29) is 17.9 Å². The molecule has 6 heteroatoms. The molecule has 5 nitrogen and oxygen atoms in total. The van der Waals surface area contributed by atoms with Crippen molar-refractivity contribution in [3.05, 3.63) is 23.2 Å². The number of carbonyl (C=O) groups is 2. The zero-order valence-electron chi connectivity index (χ0n) is 14.6. The average molecular weight is 365 g/mol. The summed E-state index contributed by atoms with van der Waals surface area (Å²) in [4.78, 5) is 25.5. The Hall–Kier alpha value is -1.75. The van der Waals surface area contributed by atoms with Crippen LogP contribution in [-0.4, -0.2) is 25.0 Å². The van der Waals surface area contributed by atoms with Crippen molar-refractivity contribution in [2.45, 2.75) is 57.4 Å². The fourth-order valence-electron chi connectivity index (χ4n) is 3.45. The number of nitrogens with one attached hydrogen (secondary N) is 2. The van der Waals surface area contributed by atoms with Crippen molar-refractivity contribution in [2.75, 3.05) is 12.4 Å². The molecule has 1 aromatic rings. The number of anilines is 1. The van der Waals surface area contributed by atoms with Crippen LogP contribution in [0.1, 0.15) is 51.4 Å². The first kappa shape index (κ1) is 18.1. The summed E-state index contributed by atoms with van der Waals surface area (Å²) >= 11 is 6.01. The molecule has 0 unspecified atom stereocenters. The van der Waals surface area contributed by atoms with Gasteiger partial charge in [-0.25, -0.2) is 0 Å². The van der Waals surface area contributed by atoms with E-state index in [1.807, 2.05) is 0 Å². The summed E-state index contributed by atoms with van der Waals surface area (Å²) in [5.74, 6) is 0.106. The highest BCUT2D eigenvalue weighted by atomic mass is 35.5. The van der Waals surface area contributed by atoms with Gasteiger partial charge < -0.3 is 15.4 Å². The van der Waals surface area contributed by atoms with E-state index in [9.17, 15) is 9.59 Å². The molecule has 2 N–H and O–H groups in total. The van der Waals surface area contributed by atoms with Gasteiger partial charge in [-0.2, -0.15) is 0 Å². The third-order valence-corrected chi connectivity index (χ3v) is 5.45. The third kappa shape index (κ3) is 4.09. The van der Waals surface area contributed by atoms with Gasteiger partial charge in [0.15, 0.2) is 0 Å². The van der Waals surface area contributed by atoms with Crippen LogP contribution in [0.5, 0.6) is 5.75 Å². The lowest BCUT2D eigenvalue weighted by Crippen LogP contribution is -2.44. The molecule has 2 fully saturated rings. The van der Waals surface area contributed by atoms with Gasteiger partial charge in [0.2, 0.25) is 11.8 Å². The van der Waals surface area contributed by atoms with E-state index < -0.39 is 5.41 Å². The van der Waals surface area contributed by atoms with Gasteiger partial charge in [0.25, 0.3) is 0 Å². The highest BCUT2D eigenvalue weighted by molar-refractivity contribution is 6.31. The minimum Gasteiger partial charge on any atom is -0.495 e. The molecule has 136 valence electrons. The third-order valence-electron chi connectivity index (χ3n) is 5.22. The summed E-state index contributed by atoms with van der Waals surface area (Å²) < 4.78 is 5.26. The first-order valence-corrected chi connectivity index (χ1v) is 9.39. The zero-order valence-corrected chi connectivity index (χ0v) is 15.3. The van der Waals surface area contributed by atoms with Crippen LogP contribution in [-0.2, 0) is 9.59 Å². The van der Waals surface area contributed by atoms with Crippen LogP contribution in [0.4, 0.5) is 5.69 Å². The van der Waals surface area contributed by atoms with E-state index in [1.54, 1.807) is 18.2 Å². The van der Waals surface area contributed by atoms with Gasteiger partial charge in [0.1, 0.15) is 11.2 Å². The fourth-order valence-corrected chi connectivity index (χ4v) is 3.62. The minimum atomic E-state index is -0.945. The quantitative estimate of drug-likeness (QED) is 0.615. The van der Waals surface area contributed by atoms with Gasteiger partial charge in [-0.05, 0) is 43.9 Å². The van der Waals surface area contributed by atoms with Gasteiger partial charge in [-0.15, -0.1) is 0 Å². The summed E-state index contributed by atoms with van der Waals surface area (Å²) in [5.41, 5.74) is -0.451. The molecule has 0 aromatic heterocycles. The summed E-state index contributed by atoms with van der Waals surface area (Å²) in [5, 5.41) is 6.44. The molecule has 0 saturated heterocycles. The molecule has 0 aliphatic heterocycles. The maximum absolute atomic E-state index is 12.8. The summed E-state index contributed by atoms with van der Waals surface area (Å²) in [6.45, 7) is 0. The number of hydrogen-bond donors (Lipinski definition) is 2. The number of halogens is 1. The van der Waals surface area contributed by atoms with Crippen molar-refractivity contribution in [2.24, 2.45) is 5.41 Å². The van der Waals surface area contributed by atoms with Crippen LogP contribution in [0.2, 0.25) is 5.02 Å². The maximum Gasteiger partial charge on any atom is 0.240 e. The zero-order chi connectivity index (χ0) is 17.9. The predicted octanol–water partition coefficient (Wildman–Crippen LogP) is 3.91. The molecule has 25 heavy (non-hydrogen) atoms. The van der Waals surface area contributed by atoms with Gasteiger partial charge in [-0.3, -0.25) is 9.59 Å². The van der Waals surface area contributed by atoms with E-state index in [4.69, 9.17) is 16.3 Å². The smallest absolute Gasteiger partial charge is 0.240 e. The average Bonchev–Trinajstić information content (AvgIpc) is 3.41. The lowest BCUT2D eigenvalue weighted by atomic mass is 10.0. The van der Waals surface area contributed by atoms with Crippen molar-refractivity contribution < 1.29 is 14.3 Å². The first-order valence-electron chi connectivity index (χ1n) is 9.01. The number of ether oxygens (including phenoxy) is 1. The van der Waals surface area contributed by atoms with Crippen LogP contribution in [0.3, 0.4) is 0 Å². The second kappa shape index (κ2) is 7.65. The fraction of sp³-hybridized carbons (Fsp3) is 0.579. The Bertz CT molecular complexity index is 650. The monoisotopic (exact) mass is 364 g/mol. The van der Waals surface area contributed by atoms with Crippen LogP contribution >= 0.6 is 11.6 Å². The Balaban J connectivity index is 1.66. The molecule has 0 radical (unpaired) electrons. The van der Waals surface area contributed by atoms with E-state index in [2.05, 4.69) is 10.6 Å². The van der Waals surface area contributed by atoms with E-state index >= 15 is 0 Å². The topological polar surface area (TPSA) is 67.4 Å². The highest BCUT2D eigenvalue weighted by Gasteiger charge is 2.56. The van der Waals surface area contributed by atoms with E-state index in [0.717, 1.165) is 25.7 Å². The highest BCUT2D eigenvalue weighted by Crippen LogP contribution is 2.47. The molecule has 1 aromatic carbocycles. The Morgan fingerprint density at radius 1 is 1.12 bits per heavy atom. The standard InChI is InChI=1S/C19H25ClN2O3/c1-25-16-9-8-13(20)12-15(16)22-18(24)19(10-11-19)17(23)21-14-6-4-2-3-5-7-14/h8-9,12,14H,2-7,10-11H2,1H3,(H,21,23)(H,22,24). The van der Waals surface area contributed by atoms with Crippen molar-refractivity contribution >= 4 is 29.1 Å². The number of rotatable bonds is 5. The van der Waals surface area contributed by atoms with Gasteiger partial charge in [0, 0.05) is 11.1 Å². The number of amides is 2. The first-order chi connectivity index (χ1) is 12.0. The Morgan fingerprint density at radius 2 is 1.80 bits per heavy atom. The molecule has 2 saturated carbocycles. The predicted molar refractivity (Wildman–Crippen MR) is 97.9 cm³/mol. The Kier molecular flexibility index (Phi) is 5.52. The Morgan fingerprint density at radius 3 is 2.40 bits per heavy atom. The van der Waals surface area contributed by atoms with Crippen molar-refractivity contribution in [1.29, 1.82) is 0 Å². The molecular formula is C19H25ClN2O3. The van der Waals surface area contributed by atoms with Crippen molar-refractivity contribution in [3.8, 4) is 5.75 Å². The van der Waals surface area contributed by atoms with Crippen molar-refractivity contribution in [3.63, 3.8) is 0 Å². The Labute approximate surface area is 153 Å². The second-order valence-electron chi connectivity index (χ2n) is 7.04. The lowest BCUT2D eigenvalue weighted by molar-refractivity contribution is -0.134. The van der Waals surface area contributed by atoms with Crippen LogP contribution < -0.4 is 15.4 Å². The number of carbonyl (C=O) groups excluding carboxylic acids is 2. The lowest BCUT2D eigenvalue weighted by Gasteiger charge is -2.21. The molecule has 2 amide bonds. The molecule has 2 aliphatic rings. The van der Waals surface area contributed by atoms with Crippen molar-refractivity contribution in [1.82, 2.24) is 5.32 Å². The molecule has 0 bridgehead atoms. The van der Waals surface area contributed by atoms with Crippen LogP contribution in [0, 0.1) is 5.41 Å². The summed E-state index contributed by atoms with van der Waals surface area (Å²) in [6, 6.07) is 5.23. The molecule has 0 spiro atoms. The van der Waals surface area contributed by atoms with Gasteiger partial charge in [-0.1, -0.05) is 37.3 Å². The summed E-state index contributed by atoms with van der Waals surface area (Å²) in [7, 11) is 1.53. The van der Waals surface area contributed by atoms with E-state index in [1.165, 1.54) is 20.0 Å². The van der Waals surface area contributed by atoms with Gasteiger partial charge >= 0.3 is 0 Å². The number of benzene rings is 1. The number of methoxy groups -OCH3 is 1. The summed E-state index contributed by atoms with van der Waals surface area (Å²) in [6.07, 6.45) is 7.92. The van der Waals surface area contributed by atoms with Crippen LogP contribution in [0.25, 0.3) is 0 Å². The SMILES string of the molecule is COc1ccc(Cl)cc1NC(=O)C1(C(=O)NC2CCCCCC2)CC1. The molecule has 0 heterocycles. The minimum absolute atomic E-state index is 0.141. The second-order valence-corrected chi connectivity index (χ2v) is 7.48.